The molecule has 30 heavy (non-hydrogen) atoms. The predicted molar refractivity (Wildman–Crippen MR) is 118 cm³/mol. The highest BCUT2D eigenvalue weighted by Gasteiger charge is 2.17. The highest BCUT2D eigenvalue weighted by molar-refractivity contribution is 7.98. The van der Waals surface area contributed by atoms with Crippen molar-refractivity contribution >= 4 is 17.4 Å². The molecule has 0 saturated heterocycles. The van der Waals surface area contributed by atoms with Crippen molar-refractivity contribution in [1.29, 1.82) is 0 Å². The van der Waals surface area contributed by atoms with Crippen molar-refractivity contribution in [2.75, 3.05) is 0 Å². The first kappa shape index (κ1) is 18.4. The van der Waals surface area contributed by atoms with E-state index in [1.807, 2.05) is 78.9 Å². The summed E-state index contributed by atoms with van der Waals surface area (Å²) in [5.41, 5.74) is 3.99. The lowest BCUT2D eigenvalue weighted by Gasteiger charge is -2.02. The van der Waals surface area contributed by atoms with Gasteiger partial charge in [0.1, 0.15) is 11.3 Å². The fourth-order valence-electron chi connectivity index (χ4n) is 3.25. The van der Waals surface area contributed by atoms with Crippen LogP contribution in [0, 0.1) is 0 Å². The minimum Gasteiger partial charge on any atom is -0.431 e. The molecule has 146 valence electrons. The molecule has 0 fully saturated rings. The van der Waals surface area contributed by atoms with Crippen LogP contribution < -0.4 is 5.56 Å². The minimum atomic E-state index is -0.0986. The third kappa shape index (κ3) is 3.65. The maximum atomic E-state index is 12.3. The Bertz CT molecular complexity index is 1300. The Kier molecular flexibility index (Phi) is 4.91. The van der Waals surface area contributed by atoms with E-state index in [-0.39, 0.29) is 5.56 Å². The molecule has 5 rings (SSSR count). The molecule has 0 amide bonds. The van der Waals surface area contributed by atoms with Gasteiger partial charge in [0.15, 0.2) is 5.76 Å². The van der Waals surface area contributed by atoms with Gasteiger partial charge in [-0.15, -0.1) is 0 Å². The SMILES string of the molecule is O=c1cc(CSc2nc(-c3ccccc3)c(-c3ccccc3)o2)nc2ccccn12. The zero-order chi connectivity index (χ0) is 20.3. The van der Waals surface area contributed by atoms with Gasteiger partial charge in [0.25, 0.3) is 10.8 Å². The van der Waals surface area contributed by atoms with Crippen molar-refractivity contribution in [3.05, 3.63) is 107 Å². The molecule has 0 aliphatic rings. The number of fused-ring (bicyclic) bond motifs is 1. The summed E-state index contributed by atoms with van der Waals surface area (Å²) in [6, 6.07) is 27.0. The van der Waals surface area contributed by atoms with Crippen LogP contribution in [-0.4, -0.2) is 14.4 Å². The standard InChI is InChI=1S/C24H17N3O2S/c28-21-15-19(25-20-13-7-8-14-27(20)21)16-30-24-26-22(17-9-3-1-4-10-17)23(29-24)18-11-5-2-6-12-18/h1-15H,16H2. The van der Waals surface area contributed by atoms with Gasteiger partial charge < -0.3 is 4.42 Å². The number of hydrogen-bond acceptors (Lipinski definition) is 5. The van der Waals surface area contributed by atoms with E-state index >= 15 is 0 Å². The summed E-state index contributed by atoms with van der Waals surface area (Å²) in [6.07, 6.45) is 1.72. The van der Waals surface area contributed by atoms with Crippen LogP contribution in [0.2, 0.25) is 0 Å². The Morgan fingerprint density at radius 3 is 2.30 bits per heavy atom. The maximum absolute atomic E-state index is 12.3. The normalized spacial score (nSPS) is 11.1. The van der Waals surface area contributed by atoms with Gasteiger partial charge in [0.2, 0.25) is 0 Å². The summed E-state index contributed by atoms with van der Waals surface area (Å²) < 4.78 is 7.66. The summed E-state index contributed by atoms with van der Waals surface area (Å²) in [6.45, 7) is 0. The summed E-state index contributed by atoms with van der Waals surface area (Å²) >= 11 is 1.43. The van der Waals surface area contributed by atoms with E-state index in [9.17, 15) is 4.79 Å². The van der Waals surface area contributed by atoms with Crippen molar-refractivity contribution in [3.8, 4) is 22.6 Å². The lowest BCUT2D eigenvalue weighted by atomic mass is 10.1. The largest absolute Gasteiger partial charge is 0.431 e. The Morgan fingerprint density at radius 1 is 0.833 bits per heavy atom. The number of nitrogens with zero attached hydrogens (tertiary/aromatic N) is 3. The zero-order valence-corrected chi connectivity index (χ0v) is 16.8. The Labute approximate surface area is 177 Å². The first-order valence-corrected chi connectivity index (χ1v) is 10.5. The molecule has 0 aliphatic heterocycles. The van der Waals surface area contributed by atoms with E-state index < -0.39 is 0 Å². The molecule has 6 heteroatoms. The number of pyridine rings is 1. The molecule has 0 aliphatic carbocycles. The van der Waals surface area contributed by atoms with Crippen LogP contribution in [0.4, 0.5) is 0 Å². The second kappa shape index (κ2) is 8.00. The molecule has 0 bridgehead atoms. The van der Waals surface area contributed by atoms with Gasteiger partial charge >= 0.3 is 0 Å². The number of benzene rings is 2. The summed E-state index contributed by atoms with van der Waals surface area (Å²) in [5, 5.41) is 0.544. The van der Waals surface area contributed by atoms with Crippen molar-refractivity contribution in [3.63, 3.8) is 0 Å². The molecule has 3 heterocycles. The average Bonchev–Trinajstić information content (AvgIpc) is 3.23. The Hall–Kier alpha value is -3.64. The van der Waals surface area contributed by atoms with E-state index in [2.05, 4.69) is 4.98 Å². The second-order valence-corrected chi connectivity index (χ2v) is 7.62. The van der Waals surface area contributed by atoms with E-state index in [4.69, 9.17) is 9.40 Å². The van der Waals surface area contributed by atoms with Crippen molar-refractivity contribution in [2.24, 2.45) is 0 Å². The number of hydrogen-bond donors (Lipinski definition) is 0. The van der Waals surface area contributed by atoms with Crippen LogP contribution >= 0.6 is 11.8 Å². The number of thioether (sulfide) groups is 1. The summed E-state index contributed by atoms with van der Waals surface area (Å²) in [7, 11) is 0. The van der Waals surface area contributed by atoms with E-state index in [0.29, 0.717) is 22.3 Å². The molecule has 0 unspecified atom stereocenters. The number of rotatable bonds is 5. The molecular formula is C24H17N3O2S. The van der Waals surface area contributed by atoms with Crippen LogP contribution in [0.3, 0.4) is 0 Å². The van der Waals surface area contributed by atoms with Crippen LogP contribution in [0.5, 0.6) is 0 Å². The van der Waals surface area contributed by atoms with Gasteiger partial charge in [-0.25, -0.2) is 9.97 Å². The third-order valence-corrected chi connectivity index (χ3v) is 5.52. The number of aromatic nitrogens is 3. The lowest BCUT2D eigenvalue weighted by molar-refractivity contribution is 0.466. The van der Waals surface area contributed by atoms with Gasteiger partial charge in [0, 0.05) is 29.1 Å². The van der Waals surface area contributed by atoms with Gasteiger partial charge in [-0.1, -0.05) is 78.5 Å². The summed E-state index contributed by atoms with van der Waals surface area (Å²) in [5.74, 6) is 1.22. The smallest absolute Gasteiger partial charge is 0.258 e. The molecule has 5 aromatic rings. The van der Waals surface area contributed by atoms with Gasteiger partial charge in [-0.05, 0) is 12.1 Å². The molecule has 0 atom stereocenters. The average molecular weight is 411 g/mol. The quantitative estimate of drug-likeness (QED) is 0.367. The third-order valence-electron chi connectivity index (χ3n) is 4.66. The topological polar surface area (TPSA) is 60.4 Å². The monoisotopic (exact) mass is 411 g/mol. The first-order valence-electron chi connectivity index (χ1n) is 9.50. The molecule has 0 N–H and O–H groups in total. The first-order chi connectivity index (χ1) is 14.8. The Balaban J connectivity index is 1.48. The molecule has 3 aromatic heterocycles. The Morgan fingerprint density at radius 2 is 1.53 bits per heavy atom. The van der Waals surface area contributed by atoms with E-state index in [0.717, 1.165) is 22.6 Å². The molecule has 0 spiro atoms. The van der Waals surface area contributed by atoms with Gasteiger partial charge in [-0.3, -0.25) is 9.20 Å². The van der Waals surface area contributed by atoms with Crippen molar-refractivity contribution in [2.45, 2.75) is 11.0 Å². The van der Waals surface area contributed by atoms with Crippen molar-refractivity contribution in [1.82, 2.24) is 14.4 Å². The maximum Gasteiger partial charge on any atom is 0.258 e. The second-order valence-electron chi connectivity index (χ2n) is 6.69. The molecular weight excluding hydrogens is 394 g/mol. The van der Waals surface area contributed by atoms with E-state index in [1.165, 1.54) is 16.2 Å². The zero-order valence-electron chi connectivity index (χ0n) is 15.9. The number of oxazole rings is 1. The molecule has 0 radical (unpaired) electrons. The fraction of sp³-hybridized carbons (Fsp3) is 0.0417. The van der Waals surface area contributed by atoms with Crippen LogP contribution in [0.25, 0.3) is 28.2 Å². The minimum absolute atomic E-state index is 0.0986. The van der Waals surface area contributed by atoms with Crippen LogP contribution in [0.1, 0.15) is 5.69 Å². The van der Waals surface area contributed by atoms with E-state index in [1.54, 1.807) is 12.3 Å². The highest BCUT2D eigenvalue weighted by atomic mass is 32.2. The van der Waals surface area contributed by atoms with Crippen molar-refractivity contribution < 1.29 is 4.42 Å². The summed E-state index contributed by atoms with van der Waals surface area (Å²) in [4.78, 5) is 21.6. The molecule has 5 nitrogen and oxygen atoms in total. The van der Waals surface area contributed by atoms with Crippen LogP contribution in [-0.2, 0) is 5.75 Å². The lowest BCUT2D eigenvalue weighted by Crippen LogP contribution is -2.14. The van der Waals surface area contributed by atoms with Crippen LogP contribution in [0.15, 0.2) is 106 Å². The molecule has 0 saturated carbocycles. The molecule has 2 aromatic carbocycles. The van der Waals surface area contributed by atoms with Gasteiger partial charge in [-0.2, -0.15) is 0 Å². The highest BCUT2D eigenvalue weighted by Crippen LogP contribution is 2.36. The predicted octanol–water partition coefficient (Wildman–Crippen LogP) is 5.31. The fourth-order valence-corrected chi connectivity index (χ4v) is 3.97. The van der Waals surface area contributed by atoms with Gasteiger partial charge in [0.05, 0.1) is 5.69 Å².